The van der Waals surface area contributed by atoms with Crippen molar-refractivity contribution in [2.75, 3.05) is 17.3 Å². The van der Waals surface area contributed by atoms with Crippen LogP contribution in [0.15, 0.2) is 70.4 Å². The Bertz CT molecular complexity index is 1340. The zero-order chi connectivity index (χ0) is 23.5. The molecule has 0 radical (unpaired) electrons. The van der Waals surface area contributed by atoms with Gasteiger partial charge >= 0.3 is 0 Å². The first-order chi connectivity index (χ1) is 15.9. The Morgan fingerprint density at radius 1 is 1.21 bits per heavy atom. The van der Waals surface area contributed by atoms with Crippen LogP contribution in [-0.2, 0) is 7.05 Å². The highest BCUT2D eigenvalue weighted by Gasteiger charge is 2.28. The number of hydrogen-bond donors (Lipinski definition) is 2. The molecule has 1 atom stereocenters. The first-order valence-electron chi connectivity index (χ1n) is 10.1. The molecular formula is C23H22N6O4. The quantitative estimate of drug-likeness (QED) is 0.463. The van der Waals surface area contributed by atoms with E-state index in [4.69, 9.17) is 4.52 Å². The minimum atomic E-state index is -0.770. The van der Waals surface area contributed by atoms with Crippen LogP contribution in [0.5, 0.6) is 5.75 Å². The van der Waals surface area contributed by atoms with Crippen molar-refractivity contribution >= 4 is 17.5 Å². The summed E-state index contributed by atoms with van der Waals surface area (Å²) in [5.41, 5.74) is 1.73. The lowest BCUT2D eigenvalue weighted by Crippen LogP contribution is -2.34. The Morgan fingerprint density at radius 3 is 2.64 bits per heavy atom. The van der Waals surface area contributed by atoms with Crippen molar-refractivity contribution in [2.24, 2.45) is 7.05 Å². The Morgan fingerprint density at radius 2 is 1.97 bits per heavy atom. The van der Waals surface area contributed by atoms with E-state index >= 15 is 0 Å². The van der Waals surface area contributed by atoms with Crippen LogP contribution in [0.2, 0.25) is 0 Å². The third-order valence-electron chi connectivity index (χ3n) is 5.28. The minimum absolute atomic E-state index is 0.173. The molecule has 1 unspecified atom stereocenters. The van der Waals surface area contributed by atoms with Gasteiger partial charge < -0.3 is 19.8 Å². The number of carbonyl (C=O) groups excluding carboxylic acids is 1. The predicted octanol–water partition coefficient (Wildman–Crippen LogP) is 2.66. The molecule has 0 saturated carbocycles. The van der Waals surface area contributed by atoms with Crippen LogP contribution in [0.4, 0.5) is 11.6 Å². The van der Waals surface area contributed by atoms with Crippen molar-refractivity contribution in [1.29, 1.82) is 0 Å². The van der Waals surface area contributed by atoms with E-state index in [0.717, 1.165) is 16.8 Å². The fourth-order valence-electron chi connectivity index (χ4n) is 3.61. The standard InChI is InChI=1S/C23H22N6O4/c1-14-8-7-11-24-17(14)19(15-9-5-4-6-10-15)28(2)23-27-18(20(30)22(32)29(23)3)21(31)26-16-12-25-33-13-16/h4-13,19,30H,1-3H3,(H,26,31). The van der Waals surface area contributed by atoms with Crippen LogP contribution < -0.4 is 15.8 Å². The molecule has 10 nitrogen and oxygen atoms in total. The lowest BCUT2D eigenvalue weighted by Gasteiger charge is -2.31. The number of aromatic hydroxyl groups is 1. The largest absolute Gasteiger partial charge is 0.501 e. The number of carbonyl (C=O) groups is 1. The maximum atomic E-state index is 12.8. The second-order valence-electron chi connectivity index (χ2n) is 7.47. The van der Waals surface area contributed by atoms with Crippen LogP contribution in [0, 0.1) is 6.92 Å². The number of hydrogen-bond acceptors (Lipinski definition) is 8. The normalized spacial score (nSPS) is 11.7. The number of nitrogens with one attached hydrogen (secondary N) is 1. The summed E-state index contributed by atoms with van der Waals surface area (Å²) < 4.78 is 5.89. The predicted molar refractivity (Wildman–Crippen MR) is 121 cm³/mol. The summed E-state index contributed by atoms with van der Waals surface area (Å²) in [6.45, 7) is 1.95. The molecule has 1 amide bonds. The smallest absolute Gasteiger partial charge is 0.297 e. The van der Waals surface area contributed by atoms with Gasteiger partial charge in [0.2, 0.25) is 11.7 Å². The lowest BCUT2D eigenvalue weighted by atomic mass is 9.99. The first kappa shape index (κ1) is 21.8. The average molecular weight is 446 g/mol. The van der Waals surface area contributed by atoms with E-state index in [0.29, 0.717) is 0 Å². The Balaban J connectivity index is 1.83. The van der Waals surface area contributed by atoms with E-state index in [-0.39, 0.29) is 11.6 Å². The van der Waals surface area contributed by atoms with Crippen LogP contribution in [0.25, 0.3) is 0 Å². The summed E-state index contributed by atoms with van der Waals surface area (Å²) >= 11 is 0. The number of aryl methyl sites for hydroxylation is 1. The summed E-state index contributed by atoms with van der Waals surface area (Å²) in [4.78, 5) is 36.2. The molecule has 0 aliphatic carbocycles. The van der Waals surface area contributed by atoms with E-state index in [1.807, 2.05) is 49.4 Å². The molecule has 3 heterocycles. The summed E-state index contributed by atoms with van der Waals surface area (Å²) in [6, 6.07) is 13.0. The van der Waals surface area contributed by atoms with Gasteiger partial charge in [0.15, 0.2) is 5.69 Å². The zero-order valence-electron chi connectivity index (χ0n) is 18.3. The molecule has 0 aliphatic heterocycles. The summed E-state index contributed by atoms with van der Waals surface area (Å²) in [6.07, 6.45) is 4.21. The highest BCUT2D eigenvalue weighted by atomic mass is 16.5. The number of amides is 1. The molecular weight excluding hydrogens is 424 g/mol. The minimum Gasteiger partial charge on any atom is -0.501 e. The van der Waals surface area contributed by atoms with Gasteiger partial charge in [-0.25, -0.2) is 4.98 Å². The van der Waals surface area contributed by atoms with Crippen molar-refractivity contribution in [2.45, 2.75) is 13.0 Å². The first-order valence-corrected chi connectivity index (χ1v) is 10.1. The zero-order valence-corrected chi connectivity index (χ0v) is 18.3. The fourth-order valence-corrected chi connectivity index (χ4v) is 3.61. The average Bonchev–Trinajstić information content (AvgIpc) is 3.32. The van der Waals surface area contributed by atoms with Crippen molar-refractivity contribution in [3.63, 3.8) is 0 Å². The Kier molecular flexibility index (Phi) is 5.90. The highest BCUT2D eigenvalue weighted by Crippen LogP contribution is 2.31. The van der Waals surface area contributed by atoms with Gasteiger partial charge in [-0.05, 0) is 24.1 Å². The SMILES string of the molecule is Cc1cccnc1C(c1ccccc1)N(C)c1nc(C(=O)Nc2cnoc2)c(O)c(=O)n1C. The number of anilines is 2. The Hall–Kier alpha value is -4.47. The molecule has 0 fully saturated rings. The van der Waals surface area contributed by atoms with Gasteiger partial charge in [0.1, 0.15) is 12.0 Å². The van der Waals surface area contributed by atoms with Crippen molar-refractivity contribution < 1.29 is 14.4 Å². The molecule has 3 aromatic heterocycles. The summed E-state index contributed by atoms with van der Waals surface area (Å²) in [5, 5.41) is 16.4. The van der Waals surface area contributed by atoms with Crippen molar-refractivity contribution in [3.05, 3.63) is 94.0 Å². The molecule has 33 heavy (non-hydrogen) atoms. The van der Waals surface area contributed by atoms with Crippen molar-refractivity contribution in [1.82, 2.24) is 19.7 Å². The number of nitrogens with zero attached hydrogens (tertiary/aromatic N) is 5. The van der Waals surface area contributed by atoms with Crippen LogP contribution in [-0.4, -0.2) is 37.8 Å². The molecule has 10 heteroatoms. The molecule has 2 N–H and O–H groups in total. The molecule has 4 rings (SSSR count). The topological polar surface area (TPSA) is 126 Å². The second-order valence-corrected chi connectivity index (χ2v) is 7.47. The van der Waals surface area contributed by atoms with Crippen LogP contribution in [0.3, 0.4) is 0 Å². The number of benzene rings is 1. The molecule has 4 aromatic rings. The molecule has 0 bridgehead atoms. The monoisotopic (exact) mass is 446 g/mol. The van der Waals surface area contributed by atoms with Crippen molar-refractivity contribution in [3.8, 4) is 5.75 Å². The molecule has 168 valence electrons. The van der Waals surface area contributed by atoms with Gasteiger partial charge in [-0.1, -0.05) is 41.6 Å². The third-order valence-corrected chi connectivity index (χ3v) is 5.28. The van der Waals surface area contributed by atoms with Gasteiger partial charge in [-0.2, -0.15) is 0 Å². The van der Waals surface area contributed by atoms with E-state index in [2.05, 4.69) is 20.4 Å². The second kappa shape index (κ2) is 8.95. The molecule has 1 aromatic carbocycles. The number of pyridine rings is 1. The Labute approximate surface area is 189 Å². The van der Waals surface area contributed by atoms with E-state index in [9.17, 15) is 14.7 Å². The number of rotatable bonds is 6. The maximum absolute atomic E-state index is 12.8. The van der Waals surface area contributed by atoms with E-state index in [1.54, 1.807) is 18.1 Å². The van der Waals surface area contributed by atoms with E-state index in [1.165, 1.54) is 24.1 Å². The molecule has 0 saturated heterocycles. The van der Waals surface area contributed by atoms with Gasteiger partial charge in [0.25, 0.3) is 11.5 Å². The fraction of sp³-hybridized carbons (Fsp3) is 0.174. The summed E-state index contributed by atoms with van der Waals surface area (Å²) in [7, 11) is 3.24. The lowest BCUT2D eigenvalue weighted by molar-refractivity contribution is 0.101. The van der Waals surface area contributed by atoms with Gasteiger partial charge in [0, 0.05) is 20.3 Å². The van der Waals surface area contributed by atoms with Gasteiger partial charge in [-0.3, -0.25) is 19.1 Å². The van der Waals surface area contributed by atoms with Crippen LogP contribution >= 0.6 is 0 Å². The van der Waals surface area contributed by atoms with Gasteiger partial charge in [0.05, 0.1) is 17.9 Å². The third kappa shape index (κ3) is 4.18. The highest BCUT2D eigenvalue weighted by molar-refractivity contribution is 6.04. The van der Waals surface area contributed by atoms with E-state index < -0.39 is 29.0 Å². The molecule has 0 aliphatic rings. The number of aromatic nitrogens is 4. The summed E-state index contributed by atoms with van der Waals surface area (Å²) in [5.74, 6) is -1.35. The molecule has 0 spiro atoms. The van der Waals surface area contributed by atoms with Crippen LogP contribution in [0.1, 0.15) is 33.4 Å². The van der Waals surface area contributed by atoms with Gasteiger partial charge in [-0.15, -0.1) is 0 Å². The maximum Gasteiger partial charge on any atom is 0.297 e.